The van der Waals surface area contributed by atoms with E-state index in [1.165, 1.54) is 6.07 Å². The lowest BCUT2D eigenvalue weighted by atomic mass is 9.92. The van der Waals surface area contributed by atoms with Crippen LogP contribution < -0.4 is 4.74 Å². The zero-order valence-corrected chi connectivity index (χ0v) is 15.8. The molecule has 0 unspecified atom stereocenters. The number of rotatable bonds is 3. The van der Waals surface area contributed by atoms with E-state index in [1.54, 1.807) is 0 Å². The van der Waals surface area contributed by atoms with Crippen LogP contribution in [0.4, 0.5) is 0 Å². The van der Waals surface area contributed by atoms with Crippen LogP contribution in [0, 0.1) is 0 Å². The van der Waals surface area contributed by atoms with E-state index in [0.717, 1.165) is 24.3 Å². The van der Waals surface area contributed by atoms with E-state index in [4.69, 9.17) is 14.2 Å². The fraction of sp³-hybridized carbons (Fsp3) is 0.350. The minimum absolute atomic E-state index is 0.152. The van der Waals surface area contributed by atoms with Crippen LogP contribution in [0.25, 0.3) is 0 Å². The van der Waals surface area contributed by atoms with E-state index < -0.39 is 59.8 Å². The van der Waals surface area contributed by atoms with Crippen molar-refractivity contribution in [2.45, 2.75) is 36.8 Å². The van der Waals surface area contributed by atoms with Crippen LogP contribution in [0.3, 0.4) is 0 Å². The molecule has 2 aromatic carbocycles. The normalized spacial score (nSPS) is 30.5. The zero-order chi connectivity index (χ0) is 22.4. The molecule has 4 rings (SSSR count). The van der Waals surface area contributed by atoms with Crippen molar-refractivity contribution in [3.8, 4) is 28.7 Å². The Kier molecular flexibility index (Phi) is 5.37. The van der Waals surface area contributed by atoms with E-state index >= 15 is 0 Å². The van der Waals surface area contributed by atoms with Gasteiger partial charge in [-0.3, -0.25) is 4.79 Å². The number of Topliss-reactive ketones (excluding diaryl/α,β-unsaturated/α-hetero) is 1. The van der Waals surface area contributed by atoms with Crippen molar-refractivity contribution in [2.24, 2.45) is 0 Å². The summed E-state index contributed by atoms with van der Waals surface area (Å²) in [5.74, 6) is -2.78. The number of aromatic hydroxyl groups is 4. The molecule has 7 N–H and O–H groups in total. The molecule has 0 bridgehead atoms. The summed E-state index contributed by atoms with van der Waals surface area (Å²) in [4.78, 5) is 13.2. The Hall–Kier alpha value is -3.09. The molecular formula is C20H20O11. The quantitative estimate of drug-likeness (QED) is 0.312. The highest BCUT2D eigenvalue weighted by molar-refractivity contribution is 6.05. The molecule has 0 aromatic heterocycles. The van der Waals surface area contributed by atoms with Gasteiger partial charge in [0, 0.05) is 12.1 Å². The Morgan fingerprint density at radius 3 is 2.35 bits per heavy atom. The minimum Gasteiger partial charge on any atom is -0.508 e. The average Bonchev–Trinajstić information content (AvgIpc) is 2.71. The number of phenols is 4. The van der Waals surface area contributed by atoms with E-state index in [1.807, 2.05) is 0 Å². The second kappa shape index (κ2) is 7.87. The number of ketones is 1. The van der Waals surface area contributed by atoms with E-state index in [9.17, 15) is 40.5 Å². The number of ether oxygens (including phenoxy) is 3. The first kappa shape index (κ1) is 21.2. The molecule has 1 fully saturated rings. The third kappa shape index (κ3) is 3.73. The maximum absolute atomic E-state index is 13.2. The first-order chi connectivity index (χ1) is 14.7. The Balaban J connectivity index is 1.74. The van der Waals surface area contributed by atoms with Gasteiger partial charge in [-0.2, -0.15) is 0 Å². The van der Waals surface area contributed by atoms with Gasteiger partial charge in [0.05, 0.1) is 6.61 Å². The summed E-state index contributed by atoms with van der Waals surface area (Å²) < 4.78 is 16.6. The predicted octanol–water partition coefficient (Wildman–Crippen LogP) is -0.350. The number of aliphatic hydroxyl groups is 3. The fourth-order valence-corrected chi connectivity index (χ4v) is 3.54. The van der Waals surface area contributed by atoms with Crippen LogP contribution in [-0.2, 0) is 9.47 Å². The number of aliphatic hydroxyl groups excluding tert-OH is 3. The molecule has 0 amide bonds. The lowest BCUT2D eigenvalue weighted by Crippen LogP contribution is -2.56. The Labute approximate surface area is 174 Å². The molecule has 0 spiro atoms. The van der Waals surface area contributed by atoms with Gasteiger partial charge in [0.25, 0.3) is 0 Å². The SMILES string of the molecule is O=C1c2c(O)cc(O)cc2O[C@H](c2ccc(O)c(O)c2)[C@@H]1O[C@@H]1OC[C@@H](O)[C@@H](O)[C@@H]1O. The van der Waals surface area contributed by atoms with E-state index in [-0.39, 0.29) is 29.2 Å². The fourth-order valence-electron chi connectivity index (χ4n) is 3.54. The molecule has 1 saturated heterocycles. The maximum atomic E-state index is 13.2. The van der Waals surface area contributed by atoms with Crippen molar-refractivity contribution in [2.75, 3.05) is 6.61 Å². The number of carbonyl (C=O) groups is 1. The third-order valence-corrected chi connectivity index (χ3v) is 5.16. The Morgan fingerprint density at radius 2 is 1.65 bits per heavy atom. The van der Waals surface area contributed by atoms with Gasteiger partial charge in [0.1, 0.15) is 41.1 Å². The summed E-state index contributed by atoms with van der Waals surface area (Å²) in [7, 11) is 0. The molecule has 0 radical (unpaired) electrons. The molecule has 166 valence electrons. The smallest absolute Gasteiger partial charge is 0.203 e. The van der Waals surface area contributed by atoms with Gasteiger partial charge >= 0.3 is 0 Å². The van der Waals surface area contributed by atoms with Crippen LogP contribution in [0.1, 0.15) is 22.0 Å². The van der Waals surface area contributed by atoms with Gasteiger partial charge in [-0.25, -0.2) is 0 Å². The highest BCUT2D eigenvalue weighted by Gasteiger charge is 2.46. The van der Waals surface area contributed by atoms with Crippen LogP contribution in [0.2, 0.25) is 0 Å². The van der Waals surface area contributed by atoms with Crippen LogP contribution in [0.5, 0.6) is 28.7 Å². The largest absolute Gasteiger partial charge is 0.508 e. The average molecular weight is 436 g/mol. The van der Waals surface area contributed by atoms with Crippen molar-refractivity contribution in [3.63, 3.8) is 0 Å². The first-order valence-corrected chi connectivity index (χ1v) is 9.27. The van der Waals surface area contributed by atoms with Crippen molar-refractivity contribution in [1.82, 2.24) is 0 Å². The lowest BCUT2D eigenvalue weighted by molar-refractivity contribution is -0.283. The monoisotopic (exact) mass is 436 g/mol. The van der Waals surface area contributed by atoms with E-state index in [0.29, 0.717) is 0 Å². The molecule has 11 heteroatoms. The van der Waals surface area contributed by atoms with Gasteiger partial charge in [-0.15, -0.1) is 0 Å². The summed E-state index contributed by atoms with van der Waals surface area (Å²) in [5, 5.41) is 69.0. The lowest BCUT2D eigenvalue weighted by Gasteiger charge is -2.39. The number of fused-ring (bicyclic) bond motifs is 1. The molecule has 11 nitrogen and oxygen atoms in total. The number of phenolic OH excluding ortho intramolecular Hbond substituents is 4. The van der Waals surface area contributed by atoms with Crippen molar-refractivity contribution in [3.05, 3.63) is 41.5 Å². The number of hydrogen-bond acceptors (Lipinski definition) is 11. The molecule has 2 heterocycles. The highest BCUT2D eigenvalue weighted by Crippen LogP contribution is 2.44. The first-order valence-electron chi connectivity index (χ1n) is 9.27. The molecule has 2 aromatic rings. The summed E-state index contributed by atoms with van der Waals surface area (Å²) in [5.41, 5.74) is -0.0963. The molecule has 0 saturated carbocycles. The minimum atomic E-state index is -1.69. The van der Waals surface area contributed by atoms with Gasteiger partial charge in [-0.1, -0.05) is 6.07 Å². The van der Waals surface area contributed by atoms with Crippen LogP contribution >= 0.6 is 0 Å². The van der Waals surface area contributed by atoms with Crippen molar-refractivity contribution < 1.29 is 54.8 Å². The standard InChI is InChI=1S/C20H20O11/c21-8-4-11(24)14-13(5-8)30-18(7-1-2-9(22)10(23)3-7)19(16(14)27)31-20-17(28)15(26)12(25)6-29-20/h1-5,12,15,17-26,28H,6H2/t12-,15-,17+,18-,19-,20+/m1/s1. The highest BCUT2D eigenvalue weighted by atomic mass is 16.7. The van der Waals surface area contributed by atoms with Crippen molar-refractivity contribution in [1.29, 1.82) is 0 Å². The number of benzene rings is 2. The van der Waals surface area contributed by atoms with Gasteiger partial charge in [0.2, 0.25) is 5.78 Å². The topological polar surface area (TPSA) is 186 Å². The van der Waals surface area contributed by atoms with Crippen LogP contribution in [0.15, 0.2) is 30.3 Å². The van der Waals surface area contributed by atoms with Gasteiger partial charge in [-0.05, 0) is 17.7 Å². The molecular weight excluding hydrogens is 416 g/mol. The number of hydrogen-bond donors (Lipinski definition) is 7. The molecule has 2 aliphatic heterocycles. The Bertz CT molecular complexity index is 1010. The molecule has 6 atom stereocenters. The molecule has 0 aliphatic carbocycles. The second-order valence-electron chi connectivity index (χ2n) is 7.30. The van der Waals surface area contributed by atoms with Gasteiger partial charge in [0.15, 0.2) is 30.0 Å². The van der Waals surface area contributed by atoms with Crippen molar-refractivity contribution >= 4 is 5.78 Å². The Morgan fingerprint density at radius 1 is 0.903 bits per heavy atom. The zero-order valence-electron chi connectivity index (χ0n) is 15.8. The summed E-state index contributed by atoms with van der Waals surface area (Å²) >= 11 is 0. The summed E-state index contributed by atoms with van der Waals surface area (Å²) in [6.07, 6.45) is -8.95. The molecule has 2 aliphatic rings. The van der Waals surface area contributed by atoms with Crippen LogP contribution in [-0.4, -0.2) is 78.8 Å². The summed E-state index contributed by atoms with van der Waals surface area (Å²) in [6, 6.07) is 5.71. The van der Waals surface area contributed by atoms with Gasteiger partial charge < -0.3 is 50.0 Å². The number of carbonyl (C=O) groups excluding carboxylic acids is 1. The molecule has 31 heavy (non-hydrogen) atoms. The maximum Gasteiger partial charge on any atom is 0.203 e. The predicted molar refractivity (Wildman–Crippen MR) is 99.9 cm³/mol. The second-order valence-corrected chi connectivity index (χ2v) is 7.30. The van der Waals surface area contributed by atoms with E-state index in [2.05, 4.69) is 0 Å². The third-order valence-electron chi connectivity index (χ3n) is 5.16. The summed E-state index contributed by atoms with van der Waals surface area (Å²) in [6.45, 7) is -0.370.